The molecule has 2 rings (SSSR count). The number of nitrogens with zero attached hydrogens (tertiary/aromatic N) is 2. The Kier molecular flexibility index (Phi) is 5.61. The maximum atomic E-state index is 5.96. The Hall–Kier alpha value is -1.56. The molecule has 2 aromatic rings. The van der Waals surface area contributed by atoms with Crippen molar-refractivity contribution in [1.29, 1.82) is 0 Å². The number of ether oxygens (including phenoxy) is 1. The van der Waals surface area contributed by atoms with Gasteiger partial charge in [-0.05, 0) is 32.0 Å². The molecule has 1 heterocycles. The van der Waals surface area contributed by atoms with Crippen LogP contribution in [0.3, 0.4) is 0 Å². The summed E-state index contributed by atoms with van der Waals surface area (Å²) in [4.78, 5) is 4.37. The molecule has 1 aromatic carbocycles. The van der Waals surface area contributed by atoms with Gasteiger partial charge in [0.05, 0.1) is 6.04 Å². The maximum absolute atomic E-state index is 5.96. The lowest BCUT2D eigenvalue weighted by Gasteiger charge is -2.24. The summed E-state index contributed by atoms with van der Waals surface area (Å²) in [5.41, 5.74) is 2.81. The van der Waals surface area contributed by atoms with Crippen LogP contribution in [0.1, 0.15) is 19.7 Å². The third-order valence-electron chi connectivity index (χ3n) is 3.44. The molecule has 0 bridgehead atoms. The van der Waals surface area contributed by atoms with E-state index in [1.54, 1.807) is 12.3 Å². The summed E-state index contributed by atoms with van der Waals surface area (Å²) >= 11 is 5.96. The molecule has 2 atom stereocenters. The van der Waals surface area contributed by atoms with Gasteiger partial charge in [-0.1, -0.05) is 17.7 Å². The number of hydrazine groups is 1. The second kappa shape index (κ2) is 7.45. The van der Waals surface area contributed by atoms with Crippen molar-refractivity contribution < 1.29 is 4.74 Å². The van der Waals surface area contributed by atoms with E-state index in [1.165, 1.54) is 0 Å². The minimum absolute atomic E-state index is 0.0447. The van der Waals surface area contributed by atoms with E-state index in [9.17, 15) is 0 Å². The van der Waals surface area contributed by atoms with Crippen molar-refractivity contribution in [3.8, 4) is 5.75 Å². The molecule has 21 heavy (non-hydrogen) atoms. The summed E-state index contributed by atoms with van der Waals surface area (Å²) in [6, 6.07) is 7.30. The molecule has 0 saturated heterocycles. The van der Waals surface area contributed by atoms with Gasteiger partial charge in [0, 0.05) is 30.4 Å². The molecule has 0 spiro atoms. The van der Waals surface area contributed by atoms with E-state index in [0.717, 1.165) is 18.1 Å². The van der Waals surface area contributed by atoms with Crippen LogP contribution in [0.4, 0.5) is 0 Å². The van der Waals surface area contributed by atoms with Crippen LogP contribution in [0.25, 0.3) is 0 Å². The van der Waals surface area contributed by atoms with Gasteiger partial charge in [-0.25, -0.2) is 4.98 Å². The first-order chi connectivity index (χ1) is 10.1. The lowest BCUT2D eigenvalue weighted by Crippen LogP contribution is -2.47. The number of imidazole rings is 1. The third-order valence-corrected chi connectivity index (χ3v) is 3.68. The van der Waals surface area contributed by atoms with E-state index in [2.05, 4.69) is 21.9 Å². The summed E-state index contributed by atoms with van der Waals surface area (Å²) in [6.07, 6.45) is 4.34. The second-order valence-electron chi connectivity index (χ2n) is 4.89. The van der Waals surface area contributed by atoms with E-state index in [0.29, 0.717) is 11.4 Å². The Morgan fingerprint density at radius 3 is 2.95 bits per heavy atom. The van der Waals surface area contributed by atoms with Gasteiger partial charge in [-0.3, -0.25) is 11.3 Å². The number of aromatic nitrogens is 2. The van der Waals surface area contributed by atoms with E-state index >= 15 is 0 Å². The zero-order valence-electron chi connectivity index (χ0n) is 12.3. The molecule has 0 aliphatic carbocycles. The van der Waals surface area contributed by atoms with E-state index in [1.807, 2.05) is 31.3 Å². The average Bonchev–Trinajstić information content (AvgIpc) is 2.91. The zero-order chi connectivity index (χ0) is 15.2. The molecule has 0 aliphatic heterocycles. The Morgan fingerprint density at radius 1 is 1.48 bits per heavy atom. The van der Waals surface area contributed by atoms with E-state index in [-0.39, 0.29) is 12.1 Å². The molecule has 0 aliphatic rings. The van der Waals surface area contributed by atoms with Crippen molar-refractivity contribution in [2.45, 2.75) is 39.0 Å². The Bertz CT molecular complexity index is 572. The fourth-order valence-electron chi connectivity index (χ4n) is 2.21. The number of nitrogens with one attached hydrogen (secondary N) is 1. The smallest absolute Gasteiger partial charge is 0.121 e. The molecule has 3 N–H and O–H groups in total. The van der Waals surface area contributed by atoms with Gasteiger partial charge in [0.25, 0.3) is 0 Å². The molecular formula is C15H21ClN4O. The van der Waals surface area contributed by atoms with Crippen LogP contribution >= 0.6 is 11.6 Å². The lowest BCUT2D eigenvalue weighted by atomic mass is 10.1. The quantitative estimate of drug-likeness (QED) is 0.609. The van der Waals surface area contributed by atoms with Crippen molar-refractivity contribution in [1.82, 2.24) is 15.0 Å². The van der Waals surface area contributed by atoms with Crippen molar-refractivity contribution >= 4 is 11.6 Å². The fourth-order valence-corrected chi connectivity index (χ4v) is 2.39. The van der Waals surface area contributed by atoms with E-state index in [4.69, 9.17) is 22.2 Å². The fraction of sp³-hybridized carbons (Fsp3) is 0.400. The predicted molar refractivity (Wildman–Crippen MR) is 84.3 cm³/mol. The largest absolute Gasteiger partial charge is 0.489 e. The summed E-state index contributed by atoms with van der Waals surface area (Å²) in [7, 11) is 0. The number of hydrogen-bond acceptors (Lipinski definition) is 4. The molecule has 1 aromatic heterocycles. The van der Waals surface area contributed by atoms with Gasteiger partial charge in [-0.15, -0.1) is 0 Å². The molecule has 0 fully saturated rings. The number of hydrogen-bond donors (Lipinski definition) is 2. The summed E-state index contributed by atoms with van der Waals surface area (Å²) < 4.78 is 8.00. The molecule has 114 valence electrons. The van der Waals surface area contributed by atoms with Crippen molar-refractivity contribution in [3.63, 3.8) is 0 Å². The van der Waals surface area contributed by atoms with Crippen LogP contribution in [0.2, 0.25) is 5.02 Å². The van der Waals surface area contributed by atoms with Crippen LogP contribution < -0.4 is 16.0 Å². The SMILES string of the molecule is CCn1ccnc1CC(NN)C(C)Oc1cccc(Cl)c1. The predicted octanol–water partition coefficient (Wildman–Crippen LogP) is 2.40. The van der Waals surface area contributed by atoms with Crippen molar-refractivity contribution in [2.75, 3.05) is 0 Å². The minimum Gasteiger partial charge on any atom is -0.489 e. The first kappa shape index (κ1) is 15.8. The number of halogens is 1. The molecule has 6 heteroatoms. The van der Waals surface area contributed by atoms with Gasteiger partial charge in [0.1, 0.15) is 17.7 Å². The molecule has 5 nitrogen and oxygen atoms in total. The Balaban J connectivity index is 2.03. The number of rotatable bonds is 7. The van der Waals surface area contributed by atoms with Crippen LogP contribution in [0, 0.1) is 0 Å². The van der Waals surface area contributed by atoms with Crippen LogP contribution in [-0.2, 0) is 13.0 Å². The highest BCUT2D eigenvalue weighted by atomic mass is 35.5. The van der Waals surface area contributed by atoms with Crippen molar-refractivity contribution in [3.05, 3.63) is 47.5 Å². The van der Waals surface area contributed by atoms with Crippen LogP contribution in [0.15, 0.2) is 36.7 Å². The van der Waals surface area contributed by atoms with E-state index < -0.39 is 0 Å². The van der Waals surface area contributed by atoms with Crippen LogP contribution in [-0.4, -0.2) is 21.7 Å². The van der Waals surface area contributed by atoms with Gasteiger partial charge in [-0.2, -0.15) is 0 Å². The zero-order valence-corrected chi connectivity index (χ0v) is 13.0. The monoisotopic (exact) mass is 308 g/mol. The number of aryl methyl sites for hydroxylation is 1. The average molecular weight is 309 g/mol. The molecule has 0 saturated carbocycles. The Labute approximate surface area is 130 Å². The van der Waals surface area contributed by atoms with Gasteiger partial charge in [0.15, 0.2) is 0 Å². The Morgan fingerprint density at radius 2 is 2.29 bits per heavy atom. The normalized spacial score (nSPS) is 13.9. The number of benzene rings is 1. The van der Waals surface area contributed by atoms with Crippen LogP contribution in [0.5, 0.6) is 5.75 Å². The maximum Gasteiger partial charge on any atom is 0.121 e. The van der Waals surface area contributed by atoms with Crippen molar-refractivity contribution in [2.24, 2.45) is 5.84 Å². The lowest BCUT2D eigenvalue weighted by molar-refractivity contribution is 0.168. The first-order valence-corrected chi connectivity index (χ1v) is 7.40. The standard InChI is InChI=1S/C15H21ClN4O/c1-3-20-8-7-18-15(20)10-14(19-17)11(2)21-13-6-4-5-12(16)9-13/h4-9,11,14,19H,3,10,17H2,1-2H3. The summed E-state index contributed by atoms with van der Waals surface area (Å²) in [6.45, 7) is 4.95. The highest BCUT2D eigenvalue weighted by Gasteiger charge is 2.20. The second-order valence-corrected chi connectivity index (χ2v) is 5.32. The molecule has 0 amide bonds. The van der Waals surface area contributed by atoms with Gasteiger partial charge >= 0.3 is 0 Å². The minimum atomic E-state index is -0.115. The highest BCUT2D eigenvalue weighted by Crippen LogP contribution is 2.19. The molecule has 0 radical (unpaired) electrons. The third kappa shape index (κ3) is 4.20. The highest BCUT2D eigenvalue weighted by molar-refractivity contribution is 6.30. The van der Waals surface area contributed by atoms with Gasteiger partial charge < -0.3 is 9.30 Å². The summed E-state index contributed by atoms with van der Waals surface area (Å²) in [5, 5.41) is 0.651. The first-order valence-electron chi connectivity index (χ1n) is 7.02. The molecular weight excluding hydrogens is 288 g/mol. The molecule has 2 unspecified atom stereocenters. The summed E-state index contributed by atoms with van der Waals surface area (Å²) in [5.74, 6) is 7.39. The van der Waals surface area contributed by atoms with Gasteiger partial charge in [0.2, 0.25) is 0 Å². The topological polar surface area (TPSA) is 65.1 Å². The number of nitrogens with two attached hydrogens (primary N) is 1.